The van der Waals surface area contributed by atoms with E-state index in [9.17, 15) is 0 Å². The maximum Gasteiger partial charge on any atom is 0.00746 e. The van der Waals surface area contributed by atoms with E-state index >= 15 is 0 Å². The Labute approximate surface area is 118 Å². The summed E-state index contributed by atoms with van der Waals surface area (Å²) in [6.45, 7) is 4.54. The second kappa shape index (κ2) is 10.5. The molecule has 0 aliphatic rings. The Bertz CT molecular complexity index is 306. The summed E-state index contributed by atoms with van der Waals surface area (Å²) in [7, 11) is 0. The molecule has 1 aromatic rings. The largest absolute Gasteiger partial charge is 0.126 e. The highest BCUT2D eigenvalue weighted by Gasteiger charge is 1.97. The van der Waals surface area contributed by atoms with Gasteiger partial charge >= 0.3 is 0 Å². The topological polar surface area (TPSA) is 0 Å². The highest BCUT2D eigenvalue weighted by Crippen LogP contribution is 2.21. The van der Waals surface area contributed by atoms with Crippen LogP contribution in [0.25, 0.3) is 0 Å². The molecule has 0 aliphatic carbocycles. The first kappa shape index (κ1) is 15.6. The summed E-state index contributed by atoms with van der Waals surface area (Å²) in [5.41, 5.74) is 1.52. The minimum atomic E-state index is 1.25. The number of thioether (sulfide) groups is 1. The first-order chi connectivity index (χ1) is 8.86. The highest BCUT2D eigenvalue weighted by atomic mass is 32.2. The molecule has 1 aromatic carbocycles. The lowest BCUT2D eigenvalue weighted by atomic mass is 10.1. The lowest BCUT2D eigenvalue weighted by molar-refractivity contribution is 0.706. The summed E-state index contributed by atoms with van der Waals surface area (Å²) in [6.07, 6.45) is 10.7. The van der Waals surface area contributed by atoms with E-state index in [1.165, 1.54) is 67.6 Å². The first-order valence-electron chi connectivity index (χ1n) is 7.58. The molecule has 0 atom stereocenters. The van der Waals surface area contributed by atoms with Crippen molar-refractivity contribution in [3.05, 3.63) is 29.8 Å². The predicted molar refractivity (Wildman–Crippen MR) is 84.5 cm³/mol. The zero-order chi connectivity index (χ0) is 13.1. The number of benzene rings is 1. The van der Waals surface area contributed by atoms with Gasteiger partial charge in [-0.2, -0.15) is 0 Å². The Kier molecular flexibility index (Phi) is 9.11. The molecule has 0 spiro atoms. The Balaban J connectivity index is 2.26. The van der Waals surface area contributed by atoms with E-state index in [0.29, 0.717) is 0 Å². The fourth-order valence-electron chi connectivity index (χ4n) is 2.09. The second-order valence-electron chi connectivity index (χ2n) is 5.01. The van der Waals surface area contributed by atoms with E-state index in [4.69, 9.17) is 0 Å². The SMILES string of the molecule is CCCCCCSc1cccc(CCCCC)c1. The molecule has 0 saturated carbocycles. The van der Waals surface area contributed by atoms with Crippen molar-refractivity contribution in [3.8, 4) is 0 Å². The highest BCUT2D eigenvalue weighted by molar-refractivity contribution is 7.99. The second-order valence-corrected chi connectivity index (χ2v) is 6.18. The number of rotatable bonds is 10. The van der Waals surface area contributed by atoms with Gasteiger partial charge in [-0.1, -0.05) is 58.1 Å². The van der Waals surface area contributed by atoms with Gasteiger partial charge in [0.2, 0.25) is 0 Å². The molecule has 1 heteroatoms. The molecule has 102 valence electrons. The van der Waals surface area contributed by atoms with Gasteiger partial charge in [-0.3, -0.25) is 0 Å². The van der Waals surface area contributed by atoms with Gasteiger partial charge in [0, 0.05) is 4.90 Å². The van der Waals surface area contributed by atoms with Crippen LogP contribution >= 0.6 is 11.8 Å². The minimum Gasteiger partial charge on any atom is -0.126 e. The van der Waals surface area contributed by atoms with Gasteiger partial charge in [-0.05, 0) is 42.7 Å². The van der Waals surface area contributed by atoms with Gasteiger partial charge in [-0.15, -0.1) is 11.8 Å². The standard InChI is InChI=1S/C17H28S/c1-3-5-7-9-14-18-17-13-10-12-16(15-17)11-8-6-4-2/h10,12-13,15H,3-9,11,14H2,1-2H3. The van der Waals surface area contributed by atoms with Crippen molar-refractivity contribution in [2.75, 3.05) is 5.75 Å². The van der Waals surface area contributed by atoms with Crippen LogP contribution < -0.4 is 0 Å². The Hall–Kier alpha value is -0.430. The summed E-state index contributed by atoms with van der Waals surface area (Å²) in [6, 6.07) is 9.14. The molecule has 0 N–H and O–H groups in total. The van der Waals surface area contributed by atoms with Crippen LogP contribution in [0.1, 0.15) is 64.4 Å². The third-order valence-corrected chi connectivity index (χ3v) is 4.31. The molecule has 0 aromatic heterocycles. The van der Waals surface area contributed by atoms with E-state index in [2.05, 4.69) is 38.1 Å². The number of hydrogen-bond acceptors (Lipinski definition) is 1. The lowest BCUT2D eigenvalue weighted by Gasteiger charge is -2.05. The number of aryl methyl sites for hydroxylation is 1. The van der Waals surface area contributed by atoms with E-state index in [1.54, 1.807) is 0 Å². The van der Waals surface area contributed by atoms with Gasteiger partial charge in [0.05, 0.1) is 0 Å². The molecule has 0 bridgehead atoms. The Morgan fingerprint density at radius 1 is 0.889 bits per heavy atom. The quantitative estimate of drug-likeness (QED) is 0.364. The summed E-state index contributed by atoms with van der Waals surface area (Å²) in [5, 5.41) is 0. The first-order valence-corrected chi connectivity index (χ1v) is 8.57. The van der Waals surface area contributed by atoms with Crippen LogP contribution in [0, 0.1) is 0 Å². The molecule has 0 radical (unpaired) electrons. The molecule has 0 unspecified atom stereocenters. The monoisotopic (exact) mass is 264 g/mol. The van der Waals surface area contributed by atoms with Crippen LogP contribution in [0.2, 0.25) is 0 Å². The third-order valence-electron chi connectivity index (χ3n) is 3.23. The normalized spacial score (nSPS) is 10.8. The van der Waals surface area contributed by atoms with Crippen LogP contribution in [-0.4, -0.2) is 5.75 Å². The smallest absolute Gasteiger partial charge is 0.00746 e. The molecule has 18 heavy (non-hydrogen) atoms. The maximum atomic E-state index is 2.39. The average molecular weight is 264 g/mol. The zero-order valence-corrected chi connectivity index (χ0v) is 12.9. The summed E-state index contributed by atoms with van der Waals surface area (Å²) in [5.74, 6) is 1.28. The summed E-state index contributed by atoms with van der Waals surface area (Å²) in [4.78, 5) is 1.46. The van der Waals surface area contributed by atoms with Crippen LogP contribution in [0.3, 0.4) is 0 Å². The van der Waals surface area contributed by atoms with Crippen molar-refractivity contribution in [1.82, 2.24) is 0 Å². The maximum absolute atomic E-state index is 2.39. The third kappa shape index (κ3) is 7.10. The summed E-state index contributed by atoms with van der Waals surface area (Å²) >= 11 is 2.02. The Morgan fingerprint density at radius 2 is 1.67 bits per heavy atom. The zero-order valence-electron chi connectivity index (χ0n) is 12.1. The number of hydrogen-bond donors (Lipinski definition) is 0. The van der Waals surface area contributed by atoms with Crippen molar-refractivity contribution in [3.63, 3.8) is 0 Å². The molecular formula is C17H28S. The fourth-order valence-corrected chi connectivity index (χ4v) is 3.08. The Morgan fingerprint density at radius 3 is 2.44 bits per heavy atom. The van der Waals surface area contributed by atoms with Crippen molar-refractivity contribution < 1.29 is 0 Å². The number of unbranched alkanes of at least 4 members (excludes halogenated alkanes) is 5. The molecule has 0 fully saturated rings. The van der Waals surface area contributed by atoms with Crippen LogP contribution in [0.15, 0.2) is 29.2 Å². The van der Waals surface area contributed by atoms with Crippen molar-refractivity contribution >= 4 is 11.8 Å². The van der Waals surface area contributed by atoms with E-state index in [0.717, 1.165) is 0 Å². The van der Waals surface area contributed by atoms with E-state index < -0.39 is 0 Å². The van der Waals surface area contributed by atoms with Crippen LogP contribution in [-0.2, 0) is 6.42 Å². The fraction of sp³-hybridized carbons (Fsp3) is 0.647. The molecule has 0 heterocycles. The predicted octanol–water partition coefficient (Wildman–Crippen LogP) is 6.09. The van der Waals surface area contributed by atoms with Crippen molar-refractivity contribution in [1.29, 1.82) is 0 Å². The molecule has 0 amide bonds. The summed E-state index contributed by atoms with van der Waals surface area (Å²) < 4.78 is 0. The molecular weight excluding hydrogens is 236 g/mol. The molecule has 1 rings (SSSR count). The van der Waals surface area contributed by atoms with Gasteiger partial charge in [-0.25, -0.2) is 0 Å². The molecule has 0 aliphatic heterocycles. The van der Waals surface area contributed by atoms with Crippen LogP contribution in [0.5, 0.6) is 0 Å². The molecule has 0 nitrogen and oxygen atoms in total. The van der Waals surface area contributed by atoms with Gasteiger partial charge in [0.25, 0.3) is 0 Å². The van der Waals surface area contributed by atoms with E-state index in [-0.39, 0.29) is 0 Å². The minimum absolute atomic E-state index is 1.25. The van der Waals surface area contributed by atoms with Crippen molar-refractivity contribution in [2.24, 2.45) is 0 Å². The van der Waals surface area contributed by atoms with Crippen molar-refractivity contribution in [2.45, 2.75) is 70.1 Å². The van der Waals surface area contributed by atoms with Crippen LogP contribution in [0.4, 0.5) is 0 Å². The van der Waals surface area contributed by atoms with Gasteiger partial charge < -0.3 is 0 Å². The van der Waals surface area contributed by atoms with E-state index in [1.807, 2.05) is 11.8 Å². The van der Waals surface area contributed by atoms with Gasteiger partial charge in [0.15, 0.2) is 0 Å². The average Bonchev–Trinajstić information content (AvgIpc) is 2.39. The molecule has 0 saturated heterocycles. The van der Waals surface area contributed by atoms with Gasteiger partial charge in [0.1, 0.15) is 0 Å². The lowest BCUT2D eigenvalue weighted by Crippen LogP contribution is -1.87.